The average Bonchev–Trinajstić information content (AvgIpc) is 3.35. The minimum atomic E-state index is 0.0718. The summed E-state index contributed by atoms with van der Waals surface area (Å²) >= 11 is 0. The molecule has 9 nitrogen and oxygen atoms in total. The molecule has 2 atom stereocenters. The number of nitrogens with one attached hydrogen (secondary N) is 1. The van der Waals surface area contributed by atoms with Crippen LogP contribution in [0, 0.1) is 0 Å². The molecule has 2 saturated heterocycles. The normalized spacial score (nSPS) is 26.8. The fourth-order valence-corrected chi connectivity index (χ4v) is 4.66. The molecular weight excluding hydrogens is 368 g/mol. The van der Waals surface area contributed by atoms with Crippen molar-refractivity contribution in [1.29, 1.82) is 0 Å². The third-order valence-corrected chi connectivity index (χ3v) is 6.38. The van der Waals surface area contributed by atoms with Crippen LogP contribution in [-0.2, 0) is 11.2 Å². The van der Waals surface area contributed by atoms with Gasteiger partial charge in [0.25, 0.3) is 0 Å². The lowest BCUT2D eigenvalue weighted by Crippen LogP contribution is -2.48. The van der Waals surface area contributed by atoms with Crippen molar-refractivity contribution in [2.75, 3.05) is 54.9 Å². The maximum absolute atomic E-state index is 5.71. The Morgan fingerprint density at radius 3 is 2.79 bits per heavy atom. The summed E-state index contributed by atoms with van der Waals surface area (Å²) < 4.78 is 5.62. The summed E-state index contributed by atoms with van der Waals surface area (Å²) in [6, 6.07) is 0.232. The third-order valence-electron chi connectivity index (χ3n) is 6.38. The number of aromatic nitrogens is 4. The number of nitrogen functional groups attached to an aromatic ring is 1. The van der Waals surface area contributed by atoms with Gasteiger partial charge < -0.3 is 25.6 Å². The first kappa shape index (κ1) is 18.5. The van der Waals surface area contributed by atoms with Crippen LogP contribution in [0.25, 0.3) is 11.3 Å². The molecule has 0 amide bonds. The Hall–Kier alpha value is -2.52. The average molecular weight is 396 g/mol. The van der Waals surface area contributed by atoms with Crippen LogP contribution >= 0.6 is 0 Å². The van der Waals surface area contributed by atoms with Gasteiger partial charge in [-0.2, -0.15) is 4.98 Å². The van der Waals surface area contributed by atoms with Crippen LogP contribution in [0.3, 0.4) is 0 Å². The summed E-state index contributed by atoms with van der Waals surface area (Å²) in [6.45, 7) is 9.61. The molecule has 0 aromatic carbocycles. The van der Waals surface area contributed by atoms with Crippen LogP contribution in [0.2, 0.25) is 0 Å². The lowest BCUT2D eigenvalue weighted by Gasteiger charge is -2.37. The van der Waals surface area contributed by atoms with Crippen molar-refractivity contribution < 1.29 is 4.74 Å². The Balaban J connectivity index is 1.64. The lowest BCUT2D eigenvalue weighted by atomic mass is 9.99. The highest BCUT2D eigenvalue weighted by Gasteiger charge is 2.41. The highest BCUT2D eigenvalue weighted by molar-refractivity contribution is 5.73. The summed E-state index contributed by atoms with van der Waals surface area (Å²) in [5.74, 6) is 2.08. The second kappa shape index (κ2) is 7.07. The van der Waals surface area contributed by atoms with E-state index in [4.69, 9.17) is 20.4 Å². The van der Waals surface area contributed by atoms with E-state index in [1.54, 1.807) is 12.4 Å². The van der Waals surface area contributed by atoms with Crippen molar-refractivity contribution in [3.05, 3.63) is 18.0 Å². The Morgan fingerprint density at radius 2 is 2.07 bits per heavy atom. The number of anilines is 3. The maximum atomic E-state index is 5.71. The molecule has 0 spiro atoms. The Morgan fingerprint density at radius 1 is 1.24 bits per heavy atom. The zero-order chi connectivity index (χ0) is 20.0. The van der Waals surface area contributed by atoms with Gasteiger partial charge in [0.2, 0.25) is 11.9 Å². The van der Waals surface area contributed by atoms with Crippen molar-refractivity contribution in [1.82, 2.24) is 25.3 Å². The van der Waals surface area contributed by atoms with Crippen LogP contribution < -0.4 is 20.9 Å². The summed E-state index contributed by atoms with van der Waals surface area (Å²) in [6.07, 6.45) is 5.56. The van der Waals surface area contributed by atoms with Crippen LogP contribution in [0.1, 0.15) is 25.8 Å². The number of nitrogens with two attached hydrogens (primary N) is 1. The first-order valence-electron chi connectivity index (χ1n) is 10.4. The molecule has 9 heteroatoms. The molecule has 2 aromatic rings. The minimum Gasteiger partial charge on any atom is -0.377 e. The van der Waals surface area contributed by atoms with E-state index in [1.165, 1.54) is 5.56 Å². The summed E-state index contributed by atoms with van der Waals surface area (Å²) in [5, 5.41) is 3.51. The fourth-order valence-electron chi connectivity index (χ4n) is 4.66. The lowest BCUT2D eigenvalue weighted by molar-refractivity contribution is 0.0981. The number of hydrogen-bond donors (Lipinski definition) is 2. The molecular formula is C20H28N8O. The van der Waals surface area contributed by atoms with Crippen LogP contribution in [0.4, 0.5) is 17.7 Å². The fraction of sp³-hybridized carbons (Fsp3) is 0.600. The van der Waals surface area contributed by atoms with Crippen LogP contribution in [0.15, 0.2) is 12.4 Å². The van der Waals surface area contributed by atoms with Crippen molar-refractivity contribution in [2.24, 2.45) is 0 Å². The van der Waals surface area contributed by atoms with Gasteiger partial charge in [0, 0.05) is 43.2 Å². The molecule has 5 rings (SSSR count). The highest BCUT2D eigenvalue weighted by Crippen LogP contribution is 2.40. The van der Waals surface area contributed by atoms with Gasteiger partial charge in [-0.1, -0.05) is 0 Å². The van der Waals surface area contributed by atoms with Crippen molar-refractivity contribution >= 4 is 17.7 Å². The summed E-state index contributed by atoms with van der Waals surface area (Å²) in [5.41, 5.74) is 8.76. The van der Waals surface area contributed by atoms with Gasteiger partial charge in [0.15, 0.2) is 0 Å². The second-order valence-corrected chi connectivity index (χ2v) is 8.45. The van der Waals surface area contributed by atoms with E-state index in [1.807, 2.05) is 0 Å². The topological polar surface area (TPSA) is 105 Å². The number of fused-ring (bicyclic) bond motifs is 1. The standard InChI is InChI=1S/C20H28N8O/c1-13-11-29-8-7-27(13)19-25-16(14-9-23-18(21)24-10-14)15-3-6-28(17(15)26-19)20(2)4-5-22-12-20/h9-10,13,22H,3-8,11-12H2,1-2H3,(H2,21,23,24)/t13-,20+/m1/s1. The van der Waals surface area contributed by atoms with Gasteiger partial charge >= 0.3 is 0 Å². The third kappa shape index (κ3) is 3.18. The number of ether oxygens (including phenoxy) is 1. The van der Waals surface area contributed by atoms with Crippen LogP contribution in [-0.4, -0.2) is 70.9 Å². The van der Waals surface area contributed by atoms with E-state index >= 15 is 0 Å². The summed E-state index contributed by atoms with van der Waals surface area (Å²) in [4.78, 5) is 23.2. The van der Waals surface area contributed by atoms with Gasteiger partial charge in [0.1, 0.15) is 5.82 Å². The molecule has 3 aliphatic heterocycles. The van der Waals surface area contributed by atoms with Gasteiger partial charge in [-0.05, 0) is 33.2 Å². The maximum Gasteiger partial charge on any atom is 0.228 e. The van der Waals surface area contributed by atoms with Gasteiger partial charge in [0.05, 0.1) is 30.5 Å². The van der Waals surface area contributed by atoms with Gasteiger partial charge in [-0.3, -0.25) is 0 Å². The molecule has 0 radical (unpaired) electrons. The van der Waals surface area contributed by atoms with E-state index in [0.29, 0.717) is 13.2 Å². The predicted molar refractivity (Wildman–Crippen MR) is 112 cm³/mol. The Labute approximate surface area is 170 Å². The number of nitrogens with zero attached hydrogens (tertiary/aromatic N) is 6. The highest BCUT2D eigenvalue weighted by atomic mass is 16.5. The van der Waals surface area contributed by atoms with Crippen molar-refractivity contribution in [3.63, 3.8) is 0 Å². The molecule has 2 fully saturated rings. The monoisotopic (exact) mass is 396 g/mol. The molecule has 154 valence electrons. The number of rotatable bonds is 3. The summed E-state index contributed by atoms with van der Waals surface area (Å²) in [7, 11) is 0. The Bertz CT molecular complexity index is 896. The molecule has 0 bridgehead atoms. The first-order chi connectivity index (χ1) is 14.0. The van der Waals surface area contributed by atoms with E-state index in [-0.39, 0.29) is 17.5 Å². The van der Waals surface area contributed by atoms with E-state index in [2.05, 4.69) is 38.9 Å². The van der Waals surface area contributed by atoms with Crippen molar-refractivity contribution in [3.8, 4) is 11.3 Å². The largest absolute Gasteiger partial charge is 0.377 e. The smallest absolute Gasteiger partial charge is 0.228 e. The van der Waals surface area contributed by atoms with Gasteiger partial charge in [-0.15, -0.1) is 0 Å². The molecule has 0 aliphatic carbocycles. The molecule has 0 saturated carbocycles. The van der Waals surface area contributed by atoms with E-state index in [0.717, 1.165) is 62.0 Å². The van der Waals surface area contributed by atoms with E-state index < -0.39 is 0 Å². The SMILES string of the molecule is C[C@@H]1COCCN1c1nc(-c2cnc(N)nc2)c2c(n1)N([C@@]1(C)CCNC1)CC2. The minimum absolute atomic E-state index is 0.0718. The molecule has 2 aromatic heterocycles. The zero-order valence-electron chi connectivity index (χ0n) is 17.1. The first-order valence-corrected chi connectivity index (χ1v) is 10.4. The molecule has 5 heterocycles. The quantitative estimate of drug-likeness (QED) is 0.781. The Kier molecular flexibility index (Phi) is 4.51. The molecule has 29 heavy (non-hydrogen) atoms. The number of morpholine rings is 1. The number of hydrogen-bond acceptors (Lipinski definition) is 9. The molecule has 3 aliphatic rings. The second-order valence-electron chi connectivity index (χ2n) is 8.45. The molecule has 3 N–H and O–H groups in total. The van der Waals surface area contributed by atoms with Gasteiger partial charge in [-0.25, -0.2) is 15.0 Å². The van der Waals surface area contributed by atoms with Crippen molar-refractivity contribution in [2.45, 2.75) is 38.3 Å². The van der Waals surface area contributed by atoms with E-state index in [9.17, 15) is 0 Å². The molecule has 0 unspecified atom stereocenters. The zero-order valence-corrected chi connectivity index (χ0v) is 17.1. The van der Waals surface area contributed by atoms with Crippen LogP contribution in [0.5, 0.6) is 0 Å². The predicted octanol–water partition coefficient (Wildman–Crippen LogP) is 0.855.